The monoisotopic (exact) mass is 281 g/mol. The number of fused-ring (bicyclic) bond motifs is 1. The molecule has 1 heterocycles. The summed E-state index contributed by atoms with van der Waals surface area (Å²) >= 11 is 0. The van der Waals surface area contributed by atoms with Crippen LogP contribution in [0, 0.1) is 5.41 Å². The lowest BCUT2D eigenvalue weighted by molar-refractivity contribution is -0.125. The van der Waals surface area contributed by atoms with E-state index < -0.39 is 15.3 Å². The van der Waals surface area contributed by atoms with Gasteiger partial charge in [-0.3, -0.25) is 4.79 Å². The van der Waals surface area contributed by atoms with Gasteiger partial charge in [-0.2, -0.15) is 0 Å². The van der Waals surface area contributed by atoms with Crippen LogP contribution in [0.4, 0.5) is 5.69 Å². The predicted molar refractivity (Wildman–Crippen MR) is 75.1 cm³/mol. The fourth-order valence-corrected chi connectivity index (χ4v) is 2.90. The largest absolute Gasteiger partial charge is 0.311 e. The fourth-order valence-electron chi connectivity index (χ4n) is 2.22. The number of hydrogen-bond donors (Lipinski definition) is 0. The Labute approximate surface area is 114 Å². The van der Waals surface area contributed by atoms with E-state index in [0.29, 0.717) is 17.9 Å². The maximum Gasteiger partial charge on any atom is 0.232 e. The van der Waals surface area contributed by atoms with Gasteiger partial charge in [0.1, 0.15) is 0 Å². The molecule has 1 aliphatic heterocycles. The Morgan fingerprint density at radius 1 is 1.26 bits per heavy atom. The third-order valence-electron chi connectivity index (χ3n) is 3.26. The highest BCUT2D eigenvalue weighted by Gasteiger charge is 2.32. The minimum atomic E-state index is -3.19. The van der Waals surface area contributed by atoms with Crippen molar-refractivity contribution < 1.29 is 13.2 Å². The van der Waals surface area contributed by atoms with Crippen molar-refractivity contribution in [1.29, 1.82) is 0 Å². The average molecular weight is 281 g/mol. The van der Waals surface area contributed by atoms with Crippen molar-refractivity contribution in [3.05, 3.63) is 23.8 Å². The van der Waals surface area contributed by atoms with Gasteiger partial charge < -0.3 is 4.90 Å². The van der Waals surface area contributed by atoms with Crippen LogP contribution in [0.15, 0.2) is 23.1 Å². The Balaban J connectivity index is 2.41. The highest BCUT2D eigenvalue weighted by atomic mass is 32.2. The third kappa shape index (κ3) is 2.66. The molecule has 0 unspecified atom stereocenters. The van der Waals surface area contributed by atoms with Crippen molar-refractivity contribution in [3.8, 4) is 0 Å². The maximum atomic E-state index is 12.3. The maximum absolute atomic E-state index is 12.3. The second-order valence-corrected chi connectivity index (χ2v) is 8.04. The molecule has 0 saturated carbocycles. The van der Waals surface area contributed by atoms with Gasteiger partial charge in [0, 0.05) is 23.9 Å². The topological polar surface area (TPSA) is 54.5 Å². The van der Waals surface area contributed by atoms with Gasteiger partial charge in [0.05, 0.1) is 4.90 Å². The van der Waals surface area contributed by atoms with Gasteiger partial charge in [-0.15, -0.1) is 0 Å². The number of amides is 1. The molecular weight excluding hydrogens is 262 g/mol. The molecule has 0 N–H and O–H groups in total. The van der Waals surface area contributed by atoms with Crippen molar-refractivity contribution in [2.45, 2.75) is 32.1 Å². The molecule has 1 aromatic carbocycles. The summed E-state index contributed by atoms with van der Waals surface area (Å²) in [5.74, 6) is 0.0679. The summed E-state index contributed by atoms with van der Waals surface area (Å²) in [7, 11) is -3.19. The molecule has 104 valence electrons. The Hall–Kier alpha value is -1.36. The first-order valence-corrected chi connectivity index (χ1v) is 8.15. The number of rotatable bonds is 1. The van der Waals surface area contributed by atoms with Crippen LogP contribution >= 0.6 is 0 Å². The van der Waals surface area contributed by atoms with Crippen LogP contribution in [-0.2, 0) is 21.1 Å². The first-order chi connectivity index (χ1) is 8.60. The molecule has 5 heteroatoms. The number of nitrogens with zero attached hydrogens (tertiary/aromatic N) is 1. The molecule has 2 rings (SSSR count). The van der Waals surface area contributed by atoms with E-state index in [2.05, 4.69) is 0 Å². The zero-order valence-electron chi connectivity index (χ0n) is 11.7. The quantitative estimate of drug-likeness (QED) is 0.791. The van der Waals surface area contributed by atoms with Crippen LogP contribution in [0.5, 0.6) is 0 Å². The molecule has 0 aromatic heterocycles. The summed E-state index contributed by atoms with van der Waals surface area (Å²) in [6.45, 7) is 6.28. The van der Waals surface area contributed by atoms with Crippen LogP contribution in [0.1, 0.15) is 26.3 Å². The number of carbonyl (C=O) groups is 1. The highest BCUT2D eigenvalue weighted by molar-refractivity contribution is 7.90. The summed E-state index contributed by atoms with van der Waals surface area (Å²) in [6.07, 6.45) is 1.91. The molecule has 0 atom stereocenters. The summed E-state index contributed by atoms with van der Waals surface area (Å²) in [6, 6.07) is 4.99. The molecule has 19 heavy (non-hydrogen) atoms. The van der Waals surface area contributed by atoms with Crippen molar-refractivity contribution in [2.24, 2.45) is 5.41 Å². The first kappa shape index (κ1) is 14.1. The number of sulfone groups is 1. The van der Waals surface area contributed by atoms with Crippen LogP contribution in [-0.4, -0.2) is 27.1 Å². The van der Waals surface area contributed by atoms with Crippen molar-refractivity contribution in [1.82, 2.24) is 0 Å². The van der Waals surface area contributed by atoms with Gasteiger partial charge in [-0.25, -0.2) is 8.42 Å². The molecule has 1 aromatic rings. The fraction of sp³-hybridized carbons (Fsp3) is 0.500. The lowest BCUT2D eigenvalue weighted by Gasteiger charge is -2.26. The summed E-state index contributed by atoms with van der Waals surface area (Å²) < 4.78 is 23.1. The molecule has 1 aliphatic rings. The predicted octanol–water partition coefficient (Wildman–Crippen LogP) is 2.03. The first-order valence-electron chi connectivity index (χ1n) is 6.25. The SMILES string of the molecule is CC(C)(C)C(=O)N1CCc2cc(S(C)(=O)=O)ccc21. The van der Waals surface area contributed by atoms with Crippen LogP contribution in [0.25, 0.3) is 0 Å². The zero-order valence-corrected chi connectivity index (χ0v) is 12.5. The van der Waals surface area contributed by atoms with Gasteiger partial charge >= 0.3 is 0 Å². The van der Waals surface area contributed by atoms with E-state index in [4.69, 9.17) is 0 Å². The molecular formula is C14H19NO3S. The normalized spacial score (nSPS) is 15.5. The van der Waals surface area contributed by atoms with Gasteiger partial charge in [0.15, 0.2) is 9.84 Å². The molecule has 0 aliphatic carbocycles. The Bertz CT molecular complexity index is 627. The Morgan fingerprint density at radius 3 is 2.42 bits per heavy atom. The van der Waals surface area contributed by atoms with E-state index in [1.807, 2.05) is 20.8 Å². The third-order valence-corrected chi connectivity index (χ3v) is 4.37. The summed E-state index contributed by atoms with van der Waals surface area (Å²) in [5, 5.41) is 0. The molecule has 0 spiro atoms. The Kier molecular flexibility index (Phi) is 3.21. The van der Waals surface area contributed by atoms with Crippen molar-refractivity contribution in [3.63, 3.8) is 0 Å². The van der Waals surface area contributed by atoms with Crippen molar-refractivity contribution >= 4 is 21.4 Å². The van der Waals surface area contributed by atoms with Gasteiger partial charge in [-0.05, 0) is 30.2 Å². The smallest absolute Gasteiger partial charge is 0.232 e. The minimum Gasteiger partial charge on any atom is -0.311 e. The zero-order chi connectivity index (χ0) is 14.4. The summed E-state index contributed by atoms with van der Waals surface area (Å²) in [4.78, 5) is 14.4. The van der Waals surface area contributed by atoms with E-state index in [-0.39, 0.29) is 5.91 Å². The van der Waals surface area contributed by atoms with E-state index in [0.717, 1.165) is 11.3 Å². The van der Waals surface area contributed by atoms with Crippen LogP contribution in [0.2, 0.25) is 0 Å². The molecule has 0 radical (unpaired) electrons. The van der Waals surface area contributed by atoms with E-state index in [1.54, 1.807) is 23.1 Å². The van der Waals surface area contributed by atoms with E-state index in [1.165, 1.54) is 6.26 Å². The number of anilines is 1. The molecule has 1 amide bonds. The molecule has 0 saturated heterocycles. The van der Waals surface area contributed by atoms with Gasteiger partial charge in [-0.1, -0.05) is 20.8 Å². The van der Waals surface area contributed by atoms with Crippen LogP contribution < -0.4 is 4.90 Å². The van der Waals surface area contributed by atoms with Crippen molar-refractivity contribution in [2.75, 3.05) is 17.7 Å². The lowest BCUT2D eigenvalue weighted by Crippen LogP contribution is -2.38. The molecule has 0 bridgehead atoms. The second kappa shape index (κ2) is 4.34. The van der Waals surface area contributed by atoms with Gasteiger partial charge in [0.2, 0.25) is 5.91 Å². The number of benzene rings is 1. The van der Waals surface area contributed by atoms with E-state index >= 15 is 0 Å². The Morgan fingerprint density at radius 2 is 1.89 bits per heavy atom. The highest BCUT2D eigenvalue weighted by Crippen LogP contribution is 2.33. The number of carbonyl (C=O) groups excluding carboxylic acids is 1. The van der Waals surface area contributed by atoms with E-state index in [9.17, 15) is 13.2 Å². The van der Waals surface area contributed by atoms with Crippen LogP contribution in [0.3, 0.4) is 0 Å². The molecule has 4 nitrogen and oxygen atoms in total. The molecule has 0 fully saturated rings. The number of hydrogen-bond acceptors (Lipinski definition) is 3. The second-order valence-electron chi connectivity index (χ2n) is 6.02. The minimum absolute atomic E-state index is 0.0679. The van der Waals surface area contributed by atoms with Gasteiger partial charge in [0.25, 0.3) is 0 Å². The lowest BCUT2D eigenvalue weighted by atomic mass is 9.95. The average Bonchev–Trinajstić information content (AvgIpc) is 2.67. The summed E-state index contributed by atoms with van der Waals surface area (Å²) in [5.41, 5.74) is 1.34. The standard InChI is InChI=1S/C14H19NO3S/c1-14(2,3)13(16)15-8-7-10-9-11(19(4,17)18)5-6-12(10)15/h5-6,9H,7-8H2,1-4H3.